The Labute approximate surface area is 129 Å². The van der Waals surface area contributed by atoms with E-state index in [1.807, 2.05) is 18.7 Å². The van der Waals surface area contributed by atoms with Crippen LogP contribution in [0.3, 0.4) is 0 Å². The number of hydrogen-bond donors (Lipinski definition) is 1. The Morgan fingerprint density at radius 3 is 2.77 bits per heavy atom. The van der Waals surface area contributed by atoms with Gasteiger partial charge >= 0.3 is 0 Å². The highest BCUT2D eigenvalue weighted by molar-refractivity contribution is 5.29. The Hall–Kier alpha value is -1.75. The van der Waals surface area contributed by atoms with Gasteiger partial charge in [-0.05, 0) is 55.9 Å². The van der Waals surface area contributed by atoms with Crippen molar-refractivity contribution < 1.29 is 8.78 Å². The molecule has 0 aliphatic heterocycles. The monoisotopic (exact) mass is 305 g/mol. The molecule has 1 heterocycles. The van der Waals surface area contributed by atoms with Gasteiger partial charge in [-0.3, -0.25) is 4.68 Å². The third-order valence-electron chi connectivity index (χ3n) is 4.47. The van der Waals surface area contributed by atoms with Crippen molar-refractivity contribution in [3.05, 3.63) is 52.3 Å². The first-order valence-corrected chi connectivity index (χ1v) is 7.78. The molecule has 2 aromatic rings. The predicted molar refractivity (Wildman–Crippen MR) is 81.5 cm³/mol. The van der Waals surface area contributed by atoms with Crippen molar-refractivity contribution in [3.63, 3.8) is 0 Å². The van der Waals surface area contributed by atoms with Crippen molar-refractivity contribution in [3.8, 4) is 0 Å². The summed E-state index contributed by atoms with van der Waals surface area (Å²) < 4.78 is 28.3. The van der Waals surface area contributed by atoms with Crippen LogP contribution < -0.4 is 5.32 Å². The molecule has 0 saturated carbocycles. The summed E-state index contributed by atoms with van der Waals surface area (Å²) in [6, 6.07) is 4.00. The first-order chi connectivity index (χ1) is 10.6. The molecule has 0 saturated heterocycles. The summed E-state index contributed by atoms with van der Waals surface area (Å²) in [6.45, 7) is 2.63. The number of hydrogen-bond acceptors (Lipinski definition) is 2. The van der Waals surface area contributed by atoms with Crippen LogP contribution >= 0.6 is 0 Å². The van der Waals surface area contributed by atoms with Gasteiger partial charge in [-0.25, -0.2) is 8.78 Å². The lowest BCUT2D eigenvalue weighted by molar-refractivity contribution is 0.498. The molecule has 1 N–H and O–H groups in total. The molecule has 3 rings (SSSR count). The number of nitrogens with zero attached hydrogens (tertiary/aromatic N) is 2. The highest BCUT2D eigenvalue weighted by Gasteiger charge is 2.19. The first kappa shape index (κ1) is 15.2. The Bertz CT molecular complexity index is 679. The van der Waals surface area contributed by atoms with Gasteiger partial charge in [0.25, 0.3) is 0 Å². The molecule has 0 unspecified atom stereocenters. The van der Waals surface area contributed by atoms with Gasteiger partial charge in [0.2, 0.25) is 0 Å². The maximum atomic E-state index is 13.3. The molecule has 22 heavy (non-hydrogen) atoms. The summed E-state index contributed by atoms with van der Waals surface area (Å²) in [7, 11) is 1.97. The lowest BCUT2D eigenvalue weighted by Gasteiger charge is -2.16. The fourth-order valence-corrected chi connectivity index (χ4v) is 3.12. The molecule has 0 radical (unpaired) electrons. The SMILES string of the molecule is C[C@H](NCc1c2c(nn1C)CCCC2)c1ccc(F)c(F)c1. The molecule has 1 aliphatic rings. The van der Waals surface area contributed by atoms with Crippen molar-refractivity contribution in [2.75, 3.05) is 0 Å². The second kappa shape index (κ2) is 6.16. The van der Waals surface area contributed by atoms with Gasteiger partial charge in [-0.15, -0.1) is 0 Å². The van der Waals surface area contributed by atoms with E-state index in [4.69, 9.17) is 0 Å². The van der Waals surface area contributed by atoms with Gasteiger partial charge < -0.3 is 5.32 Å². The van der Waals surface area contributed by atoms with E-state index in [2.05, 4.69) is 10.4 Å². The molecule has 1 aromatic heterocycles. The lowest BCUT2D eigenvalue weighted by Crippen LogP contribution is -2.21. The quantitative estimate of drug-likeness (QED) is 0.938. The number of aromatic nitrogens is 2. The molecule has 3 nitrogen and oxygen atoms in total. The van der Waals surface area contributed by atoms with Crippen LogP contribution in [0.2, 0.25) is 0 Å². The molecule has 0 amide bonds. The van der Waals surface area contributed by atoms with Gasteiger partial charge in [0.15, 0.2) is 11.6 Å². The Morgan fingerprint density at radius 2 is 2.00 bits per heavy atom. The van der Waals surface area contributed by atoms with Crippen LogP contribution in [0.5, 0.6) is 0 Å². The number of aryl methyl sites for hydroxylation is 2. The van der Waals surface area contributed by atoms with Gasteiger partial charge in [0, 0.05) is 19.6 Å². The summed E-state index contributed by atoms with van der Waals surface area (Å²) in [6.07, 6.45) is 4.56. The Balaban J connectivity index is 1.72. The molecular formula is C17H21F2N3. The van der Waals surface area contributed by atoms with Crippen LogP contribution in [0, 0.1) is 11.6 Å². The standard InChI is InChI=1S/C17H21F2N3/c1-11(12-7-8-14(18)15(19)9-12)20-10-17-13-5-3-4-6-16(13)21-22(17)2/h7-9,11,20H,3-6,10H2,1-2H3/t11-/m0/s1. The fourth-order valence-electron chi connectivity index (χ4n) is 3.12. The first-order valence-electron chi connectivity index (χ1n) is 7.78. The minimum Gasteiger partial charge on any atom is -0.305 e. The van der Waals surface area contributed by atoms with Gasteiger partial charge in [0.1, 0.15) is 0 Å². The number of fused-ring (bicyclic) bond motifs is 1. The maximum Gasteiger partial charge on any atom is 0.159 e. The summed E-state index contributed by atoms with van der Waals surface area (Å²) in [4.78, 5) is 0. The van der Waals surface area contributed by atoms with E-state index in [0.717, 1.165) is 18.4 Å². The summed E-state index contributed by atoms with van der Waals surface area (Å²) >= 11 is 0. The second-order valence-electron chi connectivity index (χ2n) is 5.98. The molecule has 1 atom stereocenters. The van der Waals surface area contributed by atoms with Crippen molar-refractivity contribution in [1.29, 1.82) is 0 Å². The highest BCUT2D eigenvalue weighted by atomic mass is 19.2. The Kier molecular flexibility index (Phi) is 4.25. The molecule has 5 heteroatoms. The third kappa shape index (κ3) is 2.90. The van der Waals surface area contributed by atoms with Gasteiger partial charge in [-0.1, -0.05) is 6.07 Å². The fraction of sp³-hybridized carbons (Fsp3) is 0.471. The number of halogens is 2. The van der Waals surface area contributed by atoms with Gasteiger partial charge in [0.05, 0.1) is 11.4 Å². The van der Waals surface area contributed by atoms with E-state index in [1.165, 1.54) is 41.9 Å². The van der Waals surface area contributed by atoms with E-state index in [-0.39, 0.29) is 6.04 Å². The zero-order valence-electron chi connectivity index (χ0n) is 13.0. The van der Waals surface area contributed by atoms with Crippen LogP contribution in [0.15, 0.2) is 18.2 Å². The van der Waals surface area contributed by atoms with Crippen molar-refractivity contribution in [2.45, 2.75) is 45.2 Å². The highest BCUT2D eigenvalue weighted by Crippen LogP contribution is 2.24. The zero-order valence-corrected chi connectivity index (χ0v) is 13.0. The van der Waals surface area contributed by atoms with Gasteiger partial charge in [-0.2, -0.15) is 5.10 Å². The second-order valence-corrected chi connectivity index (χ2v) is 5.98. The topological polar surface area (TPSA) is 29.9 Å². The van der Waals surface area contributed by atoms with E-state index < -0.39 is 11.6 Å². The van der Waals surface area contributed by atoms with Crippen molar-refractivity contribution in [1.82, 2.24) is 15.1 Å². The molecule has 0 bridgehead atoms. The normalized spacial score (nSPS) is 15.6. The van der Waals surface area contributed by atoms with Crippen molar-refractivity contribution in [2.24, 2.45) is 7.05 Å². The van der Waals surface area contributed by atoms with E-state index in [9.17, 15) is 8.78 Å². The minimum absolute atomic E-state index is 0.0516. The number of benzene rings is 1. The molecule has 1 aromatic carbocycles. The van der Waals surface area contributed by atoms with Crippen LogP contribution in [0.1, 0.15) is 48.3 Å². The largest absolute Gasteiger partial charge is 0.305 e. The average Bonchev–Trinajstić information content (AvgIpc) is 2.83. The van der Waals surface area contributed by atoms with Crippen molar-refractivity contribution >= 4 is 0 Å². The third-order valence-corrected chi connectivity index (χ3v) is 4.47. The van der Waals surface area contributed by atoms with Crippen LogP contribution in [0.25, 0.3) is 0 Å². The lowest BCUT2D eigenvalue weighted by atomic mass is 9.96. The maximum absolute atomic E-state index is 13.3. The van der Waals surface area contributed by atoms with Crippen LogP contribution in [-0.4, -0.2) is 9.78 Å². The smallest absolute Gasteiger partial charge is 0.159 e. The molecule has 118 valence electrons. The number of rotatable bonds is 4. The van der Waals surface area contributed by atoms with E-state index >= 15 is 0 Å². The van der Waals surface area contributed by atoms with Crippen LogP contribution in [0.4, 0.5) is 8.78 Å². The van der Waals surface area contributed by atoms with E-state index in [0.29, 0.717) is 6.54 Å². The predicted octanol–water partition coefficient (Wildman–Crippen LogP) is 3.43. The zero-order chi connectivity index (χ0) is 15.7. The molecule has 0 fully saturated rings. The molecule has 0 spiro atoms. The van der Waals surface area contributed by atoms with E-state index in [1.54, 1.807) is 6.07 Å². The Morgan fingerprint density at radius 1 is 1.23 bits per heavy atom. The van der Waals surface area contributed by atoms with Crippen LogP contribution in [-0.2, 0) is 26.4 Å². The average molecular weight is 305 g/mol. The summed E-state index contributed by atoms with van der Waals surface area (Å²) in [5.41, 5.74) is 4.52. The molecular weight excluding hydrogens is 284 g/mol. The molecule has 1 aliphatic carbocycles. The minimum atomic E-state index is -0.809. The number of nitrogens with one attached hydrogen (secondary N) is 1. The summed E-state index contributed by atoms with van der Waals surface area (Å²) in [5, 5.41) is 7.98. The summed E-state index contributed by atoms with van der Waals surface area (Å²) in [5.74, 6) is -1.61.